The molecular formula is C13H16BrNO3S. The SMILES string of the molecule is CS(=O)(=O)c1cccc(C(=O)N2CCCC(Br)C2)c1. The maximum atomic E-state index is 12.3. The number of amides is 1. The van der Waals surface area contributed by atoms with Crippen LogP contribution in [0.25, 0.3) is 0 Å². The predicted molar refractivity (Wildman–Crippen MR) is 77.4 cm³/mol. The van der Waals surface area contributed by atoms with Crippen LogP contribution in [0.15, 0.2) is 29.2 Å². The molecule has 0 aromatic heterocycles. The van der Waals surface area contributed by atoms with Gasteiger partial charge in [0.2, 0.25) is 0 Å². The largest absolute Gasteiger partial charge is 0.338 e. The average Bonchev–Trinajstić information content (AvgIpc) is 2.37. The number of hydrogen-bond acceptors (Lipinski definition) is 3. The minimum absolute atomic E-state index is 0.102. The van der Waals surface area contributed by atoms with Gasteiger partial charge in [-0.25, -0.2) is 8.42 Å². The number of alkyl halides is 1. The molecule has 0 radical (unpaired) electrons. The first-order valence-corrected chi connectivity index (χ1v) is 8.92. The molecule has 1 aromatic carbocycles. The van der Waals surface area contributed by atoms with Crippen molar-refractivity contribution in [2.75, 3.05) is 19.3 Å². The number of sulfone groups is 1. The van der Waals surface area contributed by atoms with E-state index in [1.165, 1.54) is 12.1 Å². The Bertz CT molecular complexity index is 585. The molecule has 4 nitrogen and oxygen atoms in total. The van der Waals surface area contributed by atoms with Crippen LogP contribution >= 0.6 is 15.9 Å². The lowest BCUT2D eigenvalue weighted by molar-refractivity contribution is 0.0729. The molecule has 104 valence electrons. The number of rotatable bonds is 2. The molecular weight excluding hydrogens is 330 g/mol. The summed E-state index contributed by atoms with van der Waals surface area (Å²) < 4.78 is 23.0. The Labute approximate surface area is 121 Å². The third-order valence-electron chi connectivity index (χ3n) is 3.16. The van der Waals surface area contributed by atoms with E-state index in [-0.39, 0.29) is 10.8 Å². The summed E-state index contributed by atoms with van der Waals surface area (Å²) in [4.78, 5) is 14.6. The summed E-state index contributed by atoms with van der Waals surface area (Å²) in [5, 5.41) is 0. The van der Waals surface area contributed by atoms with Crippen LogP contribution in [-0.4, -0.2) is 43.4 Å². The van der Waals surface area contributed by atoms with Gasteiger partial charge in [0.15, 0.2) is 9.84 Å². The standard InChI is InChI=1S/C13H16BrNO3S/c1-19(17,18)12-6-2-4-10(8-12)13(16)15-7-3-5-11(14)9-15/h2,4,6,8,11H,3,5,7,9H2,1H3. The summed E-state index contributed by atoms with van der Waals surface area (Å²) in [6.07, 6.45) is 3.17. The third kappa shape index (κ3) is 3.57. The summed E-state index contributed by atoms with van der Waals surface area (Å²) in [5.41, 5.74) is 0.435. The summed E-state index contributed by atoms with van der Waals surface area (Å²) in [6.45, 7) is 1.39. The number of nitrogens with zero attached hydrogens (tertiary/aromatic N) is 1. The van der Waals surface area contributed by atoms with Gasteiger partial charge in [-0.1, -0.05) is 22.0 Å². The van der Waals surface area contributed by atoms with Crippen molar-refractivity contribution in [2.24, 2.45) is 0 Å². The van der Waals surface area contributed by atoms with E-state index in [4.69, 9.17) is 0 Å². The minimum Gasteiger partial charge on any atom is -0.338 e. The minimum atomic E-state index is -3.28. The van der Waals surface area contributed by atoms with Crippen LogP contribution in [0.4, 0.5) is 0 Å². The number of hydrogen-bond donors (Lipinski definition) is 0. The van der Waals surface area contributed by atoms with E-state index in [9.17, 15) is 13.2 Å². The lowest BCUT2D eigenvalue weighted by atomic mass is 10.1. The number of benzene rings is 1. The van der Waals surface area contributed by atoms with E-state index in [1.807, 2.05) is 0 Å². The third-order valence-corrected chi connectivity index (χ3v) is 5.02. The molecule has 0 N–H and O–H groups in total. The smallest absolute Gasteiger partial charge is 0.253 e. The Kier molecular flexibility index (Phi) is 4.30. The van der Waals surface area contributed by atoms with Gasteiger partial charge in [-0.3, -0.25) is 4.79 Å². The van der Waals surface area contributed by atoms with Crippen LogP contribution in [0.3, 0.4) is 0 Å². The molecule has 19 heavy (non-hydrogen) atoms. The van der Waals surface area contributed by atoms with Crippen LogP contribution in [-0.2, 0) is 9.84 Å². The quantitative estimate of drug-likeness (QED) is 0.771. The van der Waals surface area contributed by atoms with Gasteiger partial charge in [-0.05, 0) is 31.0 Å². The van der Waals surface area contributed by atoms with Crippen molar-refractivity contribution in [1.82, 2.24) is 4.90 Å². The highest BCUT2D eigenvalue weighted by Crippen LogP contribution is 2.20. The van der Waals surface area contributed by atoms with Crippen LogP contribution in [0, 0.1) is 0 Å². The normalized spacial score (nSPS) is 20.3. The topological polar surface area (TPSA) is 54.5 Å². The van der Waals surface area contributed by atoms with E-state index in [0.29, 0.717) is 16.9 Å². The molecule has 1 fully saturated rings. The molecule has 1 heterocycles. The van der Waals surface area contributed by atoms with Gasteiger partial charge in [-0.2, -0.15) is 0 Å². The molecule has 6 heteroatoms. The highest BCUT2D eigenvalue weighted by atomic mass is 79.9. The van der Waals surface area contributed by atoms with Crippen LogP contribution in [0.2, 0.25) is 0 Å². The zero-order valence-corrected chi connectivity index (χ0v) is 13.1. The molecule has 0 aliphatic carbocycles. The fourth-order valence-electron chi connectivity index (χ4n) is 2.15. The van der Waals surface area contributed by atoms with Crippen molar-refractivity contribution in [3.8, 4) is 0 Å². The Hall–Kier alpha value is -0.880. The Balaban J connectivity index is 2.24. The van der Waals surface area contributed by atoms with Crippen molar-refractivity contribution in [2.45, 2.75) is 22.6 Å². The fraction of sp³-hybridized carbons (Fsp3) is 0.462. The second-order valence-corrected chi connectivity index (χ2v) is 8.10. The molecule has 1 amide bonds. The Morgan fingerprint density at radius 2 is 2.16 bits per heavy atom. The summed E-state index contributed by atoms with van der Waals surface area (Å²) >= 11 is 3.53. The molecule has 1 saturated heterocycles. The monoisotopic (exact) mass is 345 g/mol. The summed E-state index contributed by atoms with van der Waals surface area (Å²) in [5.74, 6) is -0.102. The van der Waals surface area contributed by atoms with Gasteiger partial charge in [0.05, 0.1) is 4.90 Å². The molecule has 1 aliphatic heterocycles. The van der Waals surface area contributed by atoms with Gasteiger partial charge >= 0.3 is 0 Å². The van der Waals surface area contributed by atoms with Gasteiger partial charge in [0, 0.05) is 29.7 Å². The molecule has 1 aliphatic rings. The van der Waals surface area contributed by atoms with Crippen molar-refractivity contribution in [3.63, 3.8) is 0 Å². The number of carbonyl (C=O) groups is 1. The van der Waals surface area contributed by atoms with E-state index < -0.39 is 9.84 Å². The van der Waals surface area contributed by atoms with Crippen LogP contribution in [0.5, 0.6) is 0 Å². The molecule has 0 saturated carbocycles. The molecule has 2 rings (SSSR count). The van der Waals surface area contributed by atoms with E-state index in [2.05, 4.69) is 15.9 Å². The zero-order valence-electron chi connectivity index (χ0n) is 10.7. The fourth-order valence-corrected chi connectivity index (χ4v) is 3.49. The molecule has 0 bridgehead atoms. The maximum absolute atomic E-state index is 12.3. The highest BCUT2D eigenvalue weighted by Gasteiger charge is 2.23. The van der Waals surface area contributed by atoms with E-state index in [1.54, 1.807) is 17.0 Å². The van der Waals surface area contributed by atoms with Gasteiger partial charge < -0.3 is 4.90 Å². The first kappa shape index (κ1) is 14.5. The average molecular weight is 346 g/mol. The lowest BCUT2D eigenvalue weighted by Gasteiger charge is -2.30. The van der Waals surface area contributed by atoms with Gasteiger partial charge in [0.1, 0.15) is 0 Å². The molecule has 1 atom stereocenters. The van der Waals surface area contributed by atoms with Crippen molar-refractivity contribution in [1.29, 1.82) is 0 Å². The molecule has 1 unspecified atom stereocenters. The molecule has 0 spiro atoms. The maximum Gasteiger partial charge on any atom is 0.253 e. The number of piperidine rings is 1. The van der Waals surface area contributed by atoms with Gasteiger partial charge in [-0.15, -0.1) is 0 Å². The van der Waals surface area contributed by atoms with Crippen LogP contribution in [0.1, 0.15) is 23.2 Å². The molecule has 1 aromatic rings. The second kappa shape index (κ2) is 5.63. The Morgan fingerprint density at radius 3 is 2.79 bits per heavy atom. The first-order valence-electron chi connectivity index (χ1n) is 6.11. The summed E-state index contributed by atoms with van der Waals surface area (Å²) in [7, 11) is -3.28. The van der Waals surface area contributed by atoms with Gasteiger partial charge in [0.25, 0.3) is 5.91 Å². The second-order valence-electron chi connectivity index (χ2n) is 4.79. The van der Waals surface area contributed by atoms with E-state index in [0.717, 1.165) is 25.6 Å². The van der Waals surface area contributed by atoms with Crippen molar-refractivity contribution in [3.05, 3.63) is 29.8 Å². The van der Waals surface area contributed by atoms with Crippen molar-refractivity contribution < 1.29 is 13.2 Å². The number of carbonyl (C=O) groups excluding carboxylic acids is 1. The first-order chi connectivity index (χ1) is 8.88. The number of halogens is 1. The Morgan fingerprint density at radius 1 is 1.42 bits per heavy atom. The highest BCUT2D eigenvalue weighted by molar-refractivity contribution is 9.09. The predicted octanol–water partition coefficient (Wildman–Crippen LogP) is 2.09. The number of likely N-dealkylation sites (tertiary alicyclic amines) is 1. The van der Waals surface area contributed by atoms with Crippen LogP contribution < -0.4 is 0 Å². The van der Waals surface area contributed by atoms with E-state index >= 15 is 0 Å². The lowest BCUT2D eigenvalue weighted by Crippen LogP contribution is -2.40. The summed E-state index contributed by atoms with van der Waals surface area (Å²) in [6, 6.07) is 6.24. The zero-order chi connectivity index (χ0) is 14.0. The van der Waals surface area contributed by atoms with Crippen molar-refractivity contribution >= 4 is 31.7 Å².